The maximum Gasteiger partial charge on any atom is 0.260 e. The summed E-state index contributed by atoms with van der Waals surface area (Å²) in [5.74, 6) is -0.291. The number of ether oxygens (including phenoxy) is 1. The first-order chi connectivity index (χ1) is 11.2. The van der Waals surface area contributed by atoms with Crippen molar-refractivity contribution in [3.05, 3.63) is 64.8 Å². The van der Waals surface area contributed by atoms with Crippen LogP contribution in [0, 0.1) is 5.82 Å². The molecule has 0 saturated heterocycles. The second-order valence-corrected chi connectivity index (χ2v) is 6.09. The van der Waals surface area contributed by atoms with E-state index in [-0.39, 0.29) is 5.56 Å². The van der Waals surface area contributed by atoms with Crippen molar-refractivity contribution in [1.29, 1.82) is 0 Å². The van der Waals surface area contributed by atoms with E-state index in [1.807, 2.05) is 24.3 Å². The molecule has 1 amide bonds. The highest BCUT2D eigenvalue weighted by Gasteiger charge is 2.22. The Morgan fingerprint density at radius 2 is 1.96 bits per heavy atom. The number of anilines is 1. The summed E-state index contributed by atoms with van der Waals surface area (Å²) in [6.07, 6.45) is 0. The Bertz CT molecular complexity index is 907. The number of benzene rings is 2. The fourth-order valence-electron chi connectivity index (χ4n) is 2.45. The highest BCUT2D eigenvalue weighted by atomic mass is 32.1. The minimum Gasteiger partial charge on any atom is -0.487 e. The number of aromatic nitrogens is 1. The van der Waals surface area contributed by atoms with E-state index in [0.29, 0.717) is 11.7 Å². The van der Waals surface area contributed by atoms with Crippen molar-refractivity contribution >= 4 is 22.4 Å². The summed E-state index contributed by atoms with van der Waals surface area (Å²) in [4.78, 5) is 17.6. The average molecular weight is 326 g/mol. The summed E-state index contributed by atoms with van der Waals surface area (Å²) in [5.41, 5.74) is 1.70. The number of para-hydroxylation sites is 1. The van der Waals surface area contributed by atoms with Gasteiger partial charge in [0.25, 0.3) is 5.91 Å². The number of carbonyl (C=O) groups excluding carboxylic acids is 1. The van der Waals surface area contributed by atoms with Gasteiger partial charge in [0.2, 0.25) is 0 Å². The standard InChI is InChI=1S/C17H11FN2O2S/c18-12-7-3-1-5-10(12)16(21)20-17-19-15-11-6-2-4-8-13(11)22-9-14(15)23-17/h1-8H,9H2,(H,19,20,21). The second-order valence-electron chi connectivity index (χ2n) is 5.01. The molecule has 0 bridgehead atoms. The number of carbonyl (C=O) groups is 1. The molecule has 0 radical (unpaired) electrons. The van der Waals surface area contributed by atoms with Crippen LogP contribution in [0.25, 0.3) is 11.3 Å². The topological polar surface area (TPSA) is 51.2 Å². The summed E-state index contributed by atoms with van der Waals surface area (Å²) in [6.45, 7) is 0.416. The van der Waals surface area contributed by atoms with Gasteiger partial charge < -0.3 is 4.74 Å². The number of nitrogens with zero attached hydrogens (tertiary/aromatic N) is 1. The van der Waals surface area contributed by atoms with E-state index in [0.717, 1.165) is 21.9 Å². The van der Waals surface area contributed by atoms with Crippen molar-refractivity contribution in [3.63, 3.8) is 0 Å². The van der Waals surface area contributed by atoms with Gasteiger partial charge in [0.1, 0.15) is 18.2 Å². The third-order valence-corrected chi connectivity index (χ3v) is 4.48. The van der Waals surface area contributed by atoms with E-state index in [9.17, 15) is 9.18 Å². The van der Waals surface area contributed by atoms with Gasteiger partial charge in [-0.15, -0.1) is 0 Å². The molecule has 0 saturated carbocycles. The number of halogens is 1. The van der Waals surface area contributed by atoms with Gasteiger partial charge >= 0.3 is 0 Å². The van der Waals surface area contributed by atoms with Crippen LogP contribution >= 0.6 is 11.3 Å². The first-order valence-electron chi connectivity index (χ1n) is 7.00. The molecule has 2 heterocycles. The number of thiazole rings is 1. The van der Waals surface area contributed by atoms with Crippen LogP contribution in [-0.2, 0) is 6.61 Å². The molecule has 4 nitrogen and oxygen atoms in total. The Labute approximate surface area is 135 Å². The van der Waals surface area contributed by atoms with Crippen LogP contribution in [-0.4, -0.2) is 10.9 Å². The number of amides is 1. The number of fused-ring (bicyclic) bond motifs is 3. The largest absolute Gasteiger partial charge is 0.487 e. The number of hydrogen-bond acceptors (Lipinski definition) is 4. The van der Waals surface area contributed by atoms with Crippen molar-refractivity contribution in [2.24, 2.45) is 0 Å². The maximum atomic E-state index is 13.7. The van der Waals surface area contributed by atoms with E-state index in [1.54, 1.807) is 12.1 Å². The molecule has 114 valence electrons. The Hall–Kier alpha value is -2.73. The van der Waals surface area contributed by atoms with Gasteiger partial charge in [-0.3, -0.25) is 10.1 Å². The van der Waals surface area contributed by atoms with Gasteiger partial charge in [0, 0.05) is 5.56 Å². The fraction of sp³-hybridized carbons (Fsp3) is 0.0588. The molecular formula is C17H11FN2O2S. The highest BCUT2D eigenvalue weighted by Crippen LogP contribution is 2.40. The third kappa shape index (κ3) is 2.47. The molecular weight excluding hydrogens is 315 g/mol. The molecule has 1 aliphatic heterocycles. The molecule has 0 aliphatic carbocycles. The molecule has 1 aromatic heterocycles. The minimum absolute atomic E-state index is 0.00248. The predicted molar refractivity (Wildman–Crippen MR) is 86.2 cm³/mol. The van der Waals surface area contributed by atoms with Gasteiger partial charge in [-0.2, -0.15) is 0 Å². The van der Waals surface area contributed by atoms with Gasteiger partial charge in [0.15, 0.2) is 5.13 Å². The summed E-state index contributed by atoms with van der Waals surface area (Å²) in [7, 11) is 0. The molecule has 0 fully saturated rings. The van der Waals surface area contributed by atoms with Crippen LogP contribution in [0.5, 0.6) is 5.75 Å². The normalized spacial score (nSPS) is 12.0. The lowest BCUT2D eigenvalue weighted by atomic mass is 10.1. The molecule has 1 N–H and O–H groups in total. The Morgan fingerprint density at radius 1 is 1.17 bits per heavy atom. The van der Waals surface area contributed by atoms with Gasteiger partial charge in [-0.25, -0.2) is 9.37 Å². The zero-order valence-corrected chi connectivity index (χ0v) is 12.7. The monoisotopic (exact) mass is 326 g/mol. The van der Waals surface area contributed by atoms with Crippen LogP contribution in [0.1, 0.15) is 15.2 Å². The summed E-state index contributed by atoms with van der Waals surface area (Å²) >= 11 is 1.34. The average Bonchev–Trinajstić information content (AvgIpc) is 2.98. The number of rotatable bonds is 2. The third-order valence-electron chi connectivity index (χ3n) is 3.54. The van der Waals surface area contributed by atoms with Gasteiger partial charge in [0.05, 0.1) is 16.1 Å². The summed E-state index contributed by atoms with van der Waals surface area (Å²) in [6, 6.07) is 13.5. The predicted octanol–water partition coefficient (Wildman–Crippen LogP) is 4.09. The molecule has 1 aliphatic rings. The summed E-state index contributed by atoms with van der Waals surface area (Å²) in [5, 5.41) is 3.09. The van der Waals surface area contributed by atoms with Crippen molar-refractivity contribution in [3.8, 4) is 17.0 Å². The SMILES string of the molecule is O=C(Nc1nc2c(s1)COc1ccccc1-2)c1ccccc1F. The molecule has 0 atom stereocenters. The quantitative estimate of drug-likeness (QED) is 0.771. The number of hydrogen-bond donors (Lipinski definition) is 1. The van der Waals surface area contributed by atoms with Crippen LogP contribution < -0.4 is 10.1 Å². The van der Waals surface area contributed by atoms with E-state index in [4.69, 9.17) is 4.74 Å². The minimum atomic E-state index is -0.556. The van der Waals surface area contributed by atoms with Crippen LogP contribution in [0.15, 0.2) is 48.5 Å². The Balaban J connectivity index is 1.65. The zero-order valence-electron chi connectivity index (χ0n) is 11.9. The first-order valence-corrected chi connectivity index (χ1v) is 7.82. The summed E-state index contributed by atoms with van der Waals surface area (Å²) < 4.78 is 19.3. The number of nitrogens with one attached hydrogen (secondary N) is 1. The van der Waals surface area contributed by atoms with Crippen LogP contribution in [0.3, 0.4) is 0 Å². The van der Waals surface area contributed by atoms with Crippen LogP contribution in [0.2, 0.25) is 0 Å². The molecule has 4 rings (SSSR count). The van der Waals surface area contributed by atoms with E-state index in [1.165, 1.54) is 23.5 Å². The lowest BCUT2D eigenvalue weighted by molar-refractivity contribution is 0.102. The second kappa shape index (κ2) is 5.48. The maximum absolute atomic E-state index is 13.7. The fourth-order valence-corrected chi connectivity index (χ4v) is 3.34. The molecule has 2 aromatic carbocycles. The lowest BCUT2D eigenvalue weighted by Crippen LogP contribution is -2.13. The first kappa shape index (κ1) is 13.9. The molecule has 0 unspecified atom stereocenters. The Morgan fingerprint density at radius 3 is 2.83 bits per heavy atom. The molecule has 23 heavy (non-hydrogen) atoms. The van der Waals surface area contributed by atoms with Crippen molar-refractivity contribution in [1.82, 2.24) is 4.98 Å². The van der Waals surface area contributed by atoms with Gasteiger partial charge in [-0.05, 0) is 24.3 Å². The van der Waals surface area contributed by atoms with E-state index >= 15 is 0 Å². The van der Waals surface area contributed by atoms with Crippen molar-refractivity contribution < 1.29 is 13.9 Å². The molecule has 6 heteroatoms. The van der Waals surface area contributed by atoms with E-state index < -0.39 is 11.7 Å². The van der Waals surface area contributed by atoms with Crippen molar-refractivity contribution in [2.45, 2.75) is 6.61 Å². The van der Waals surface area contributed by atoms with Gasteiger partial charge in [-0.1, -0.05) is 35.6 Å². The van der Waals surface area contributed by atoms with Crippen molar-refractivity contribution in [2.75, 3.05) is 5.32 Å². The smallest absolute Gasteiger partial charge is 0.260 e. The highest BCUT2D eigenvalue weighted by molar-refractivity contribution is 7.16. The zero-order chi connectivity index (χ0) is 15.8. The molecule has 0 spiro atoms. The lowest BCUT2D eigenvalue weighted by Gasteiger charge is -2.15. The molecule has 3 aromatic rings. The van der Waals surface area contributed by atoms with E-state index in [2.05, 4.69) is 10.3 Å². The van der Waals surface area contributed by atoms with Crippen LogP contribution in [0.4, 0.5) is 9.52 Å². The Kier molecular flexibility index (Phi) is 3.31.